The molecule has 10 atom stereocenters. The highest BCUT2D eigenvalue weighted by Gasteiger charge is 2.45. The van der Waals surface area contributed by atoms with Gasteiger partial charge in [0, 0.05) is 69.1 Å². The molecule has 1 aromatic heterocycles. The highest BCUT2D eigenvalue weighted by atomic mass is 16.4. The number of nitrogens with two attached hydrogens (primary N) is 4. The standard InChI is InChI=1S/C53H74N14O13/c1-3-29(2)43(51(78)66-25-9-16-39(66)50(77)67-26-10-17-40(67)52(79)80)63-45(72)34(19-20-41(55)68)60-46(73)37-14-7-23-64(37)48(75)35(13-6-22-58-53(56)57)61-47(74)38-15-8-24-65(38)49(76)36(62-44(71)32(54)18-21-42(69)70)27-30-28-59-33-12-5-4-11-31(30)33/h4-5,8,10-12,15,17,28-29,32,34-40,43,59H,3,6-7,9,13-14,16,18-27,54H2,1-2H3,(H2,55,68)(H,60,73)(H,61,74)(H,62,71)(H,63,72)(H,69,70)(H,79,80)(H4,56,57,58)/t29-,32-,34-,35-,36-,37-,38-,39-,40-,43-/m0/s1. The first-order valence-corrected chi connectivity index (χ1v) is 27.0. The number of carboxylic acids is 2. The van der Waals surface area contributed by atoms with E-state index in [0.29, 0.717) is 24.8 Å². The number of carboxylic acid groups (broad SMARTS) is 2. The van der Waals surface area contributed by atoms with Gasteiger partial charge in [-0.1, -0.05) is 62.8 Å². The largest absolute Gasteiger partial charge is 0.481 e. The average molecular weight is 1120 g/mol. The predicted molar refractivity (Wildman–Crippen MR) is 289 cm³/mol. The molecule has 80 heavy (non-hydrogen) atoms. The van der Waals surface area contributed by atoms with Gasteiger partial charge < -0.3 is 79.0 Å². The van der Waals surface area contributed by atoms with Gasteiger partial charge >= 0.3 is 11.9 Å². The normalized spacial score (nSPS) is 20.8. The number of hydrogen-bond acceptors (Lipinski definition) is 13. The molecule has 0 bridgehead atoms. The first kappa shape index (κ1) is 60.9. The molecule has 2 fully saturated rings. The molecule has 6 rings (SSSR count). The molecule has 27 nitrogen and oxygen atoms in total. The van der Waals surface area contributed by atoms with Crippen molar-refractivity contribution in [3.63, 3.8) is 0 Å². The van der Waals surface area contributed by atoms with E-state index in [1.165, 1.54) is 31.8 Å². The number of aromatic amines is 1. The minimum absolute atomic E-state index is 0.0444. The summed E-state index contributed by atoms with van der Waals surface area (Å²) in [6.07, 6.45) is 8.05. The van der Waals surface area contributed by atoms with Crippen LogP contribution in [0.4, 0.5) is 0 Å². The van der Waals surface area contributed by atoms with Gasteiger partial charge in [0.1, 0.15) is 48.3 Å². The summed E-state index contributed by atoms with van der Waals surface area (Å²) in [6, 6.07) is -3.94. The Kier molecular flexibility index (Phi) is 21.3. The predicted octanol–water partition coefficient (Wildman–Crippen LogP) is -2.19. The van der Waals surface area contributed by atoms with E-state index in [2.05, 4.69) is 31.2 Å². The SMILES string of the molecule is CC[C@H](C)[C@H](NC(=O)[C@H](CCC(N)=O)NC(=O)[C@@H]1CCCN1C(=O)[C@H](CCCN=C(N)N)NC(=O)[C@@H]1C=CCN1C(=O)[C@H](Cc1c[nH]c2ccccc12)NC(=O)[C@@H](N)CCC(=O)O)C(=O)N1CCC[C@H]1C(=O)N1CC=C[C@H]1C(=O)O. The molecule has 0 radical (unpaired) electrons. The number of carbonyl (C=O) groups is 11. The van der Waals surface area contributed by atoms with Crippen molar-refractivity contribution in [2.45, 2.75) is 145 Å². The van der Waals surface area contributed by atoms with Gasteiger partial charge in [0.05, 0.1) is 6.04 Å². The lowest BCUT2D eigenvalue weighted by Crippen LogP contribution is -2.60. The highest BCUT2D eigenvalue weighted by Crippen LogP contribution is 2.27. The van der Waals surface area contributed by atoms with Crippen molar-refractivity contribution in [2.24, 2.45) is 33.8 Å². The van der Waals surface area contributed by atoms with Crippen LogP contribution in [0.3, 0.4) is 0 Å². The minimum atomic E-state index is -1.45. The van der Waals surface area contributed by atoms with Crippen molar-refractivity contribution in [3.8, 4) is 0 Å². The fourth-order valence-electron chi connectivity index (χ4n) is 10.5. The Morgan fingerprint density at radius 3 is 2.01 bits per heavy atom. The maximum Gasteiger partial charge on any atom is 0.330 e. The Bertz CT molecular complexity index is 2760. The van der Waals surface area contributed by atoms with Crippen molar-refractivity contribution in [3.05, 3.63) is 60.3 Å². The third-order valence-corrected chi connectivity index (χ3v) is 15.0. The zero-order chi connectivity index (χ0) is 58.4. The minimum Gasteiger partial charge on any atom is -0.481 e. The number of carbonyl (C=O) groups excluding carboxylic acids is 9. The number of aliphatic carboxylic acids is 2. The van der Waals surface area contributed by atoms with Crippen molar-refractivity contribution in [1.82, 2.24) is 45.9 Å². The second kappa shape index (κ2) is 28.0. The number of aromatic nitrogens is 1. The number of guanidine groups is 1. The van der Waals surface area contributed by atoms with Gasteiger partial charge in [0.25, 0.3) is 0 Å². The number of nitrogens with zero attached hydrogens (tertiary/aromatic N) is 5. The van der Waals surface area contributed by atoms with Crippen LogP contribution < -0.4 is 44.2 Å². The van der Waals surface area contributed by atoms with Crippen LogP contribution >= 0.6 is 0 Å². The quantitative estimate of drug-likeness (QED) is 0.0196. The summed E-state index contributed by atoms with van der Waals surface area (Å²) >= 11 is 0. The number of aliphatic imine (C=N–C) groups is 1. The summed E-state index contributed by atoms with van der Waals surface area (Å²) in [5.41, 5.74) is 24.1. The zero-order valence-electron chi connectivity index (χ0n) is 44.9. The number of amides is 9. The van der Waals surface area contributed by atoms with Crippen molar-refractivity contribution in [1.29, 1.82) is 0 Å². The van der Waals surface area contributed by atoms with E-state index in [-0.39, 0.29) is 90.0 Å². The van der Waals surface area contributed by atoms with Gasteiger partial charge in [0.15, 0.2) is 5.96 Å². The summed E-state index contributed by atoms with van der Waals surface area (Å²) in [4.78, 5) is 161. The van der Waals surface area contributed by atoms with Gasteiger partial charge in [0.2, 0.25) is 53.2 Å². The second-order valence-electron chi connectivity index (χ2n) is 20.6. The number of para-hydroxylation sites is 1. The molecule has 5 heterocycles. The number of fused-ring (bicyclic) bond motifs is 1. The smallest absolute Gasteiger partial charge is 0.330 e. The van der Waals surface area contributed by atoms with Gasteiger partial charge in [-0.3, -0.25) is 52.9 Å². The van der Waals surface area contributed by atoms with Crippen molar-refractivity contribution in [2.75, 3.05) is 32.7 Å². The van der Waals surface area contributed by atoms with Crippen LogP contribution in [0.5, 0.6) is 0 Å². The van der Waals surface area contributed by atoms with E-state index in [1.54, 1.807) is 38.3 Å². The second-order valence-corrected chi connectivity index (χ2v) is 20.6. The lowest BCUT2D eigenvalue weighted by molar-refractivity contribution is -0.151. The third kappa shape index (κ3) is 15.3. The molecule has 0 aliphatic carbocycles. The number of likely N-dealkylation sites (tertiary alicyclic amines) is 2. The molecule has 0 saturated carbocycles. The fourth-order valence-corrected chi connectivity index (χ4v) is 10.5. The lowest BCUT2D eigenvalue weighted by Gasteiger charge is -2.34. The summed E-state index contributed by atoms with van der Waals surface area (Å²) in [5, 5.41) is 30.5. The van der Waals surface area contributed by atoms with E-state index >= 15 is 0 Å². The Labute approximate surface area is 461 Å². The maximum absolute atomic E-state index is 14.7. The molecule has 4 aliphatic heterocycles. The van der Waals surface area contributed by atoms with Gasteiger partial charge in [-0.25, -0.2) is 4.79 Å². The molecule has 15 N–H and O–H groups in total. The fraction of sp³-hybridized carbons (Fsp3) is 0.547. The summed E-state index contributed by atoms with van der Waals surface area (Å²) in [7, 11) is 0. The Morgan fingerprint density at radius 1 is 0.713 bits per heavy atom. The molecule has 0 unspecified atom stereocenters. The molecular formula is C53H74N14O13. The van der Waals surface area contributed by atoms with Gasteiger partial charge in [-0.2, -0.15) is 0 Å². The molecule has 0 spiro atoms. The number of nitrogens with one attached hydrogen (secondary N) is 5. The lowest BCUT2D eigenvalue weighted by atomic mass is 9.96. The molecule has 27 heteroatoms. The first-order chi connectivity index (χ1) is 38.1. The molecule has 2 aromatic rings. The van der Waals surface area contributed by atoms with E-state index in [9.17, 15) is 63.0 Å². The van der Waals surface area contributed by atoms with Crippen LogP contribution in [-0.2, 0) is 59.2 Å². The third-order valence-electron chi connectivity index (χ3n) is 15.0. The van der Waals surface area contributed by atoms with Crippen LogP contribution in [0, 0.1) is 5.92 Å². The van der Waals surface area contributed by atoms with E-state index in [1.807, 2.05) is 18.2 Å². The van der Waals surface area contributed by atoms with Gasteiger partial charge in [-0.15, -0.1) is 0 Å². The maximum atomic E-state index is 14.7. The van der Waals surface area contributed by atoms with Crippen molar-refractivity contribution < 1.29 is 63.0 Å². The molecule has 434 valence electrons. The monoisotopic (exact) mass is 1110 g/mol. The number of H-pyrrole nitrogens is 1. The Morgan fingerprint density at radius 2 is 1.35 bits per heavy atom. The number of primary amides is 1. The highest BCUT2D eigenvalue weighted by molar-refractivity contribution is 6.00. The van der Waals surface area contributed by atoms with Gasteiger partial charge in [-0.05, 0) is 68.9 Å². The molecular weight excluding hydrogens is 1040 g/mol. The van der Waals surface area contributed by atoms with E-state index in [0.717, 1.165) is 10.9 Å². The molecule has 1 aromatic carbocycles. The van der Waals surface area contributed by atoms with Crippen LogP contribution in [0.15, 0.2) is 59.8 Å². The van der Waals surface area contributed by atoms with E-state index < -0.39 is 132 Å². The van der Waals surface area contributed by atoms with Crippen LogP contribution in [-0.4, -0.2) is 193 Å². The van der Waals surface area contributed by atoms with E-state index in [4.69, 9.17) is 22.9 Å². The van der Waals surface area contributed by atoms with Crippen LogP contribution in [0.25, 0.3) is 10.9 Å². The summed E-state index contributed by atoms with van der Waals surface area (Å²) in [5.74, 6) is -9.58. The first-order valence-electron chi connectivity index (χ1n) is 27.0. The average Bonchev–Trinajstić information content (AvgIpc) is 4.32. The van der Waals surface area contributed by atoms with Crippen LogP contribution in [0.1, 0.15) is 90.0 Å². The molecule has 9 amide bonds. The topological polar surface area (TPSA) is 422 Å². The Hall–Kier alpha value is -8.36. The summed E-state index contributed by atoms with van der Waals surface area (Å²) < 4.78 is 0. The van der Waals surface area contributed by atoms with Crippen molar-refractivity contribution >= 4 is 82.0 Å². The Balaban J connectivity index is 1.18. The van der Waals surface area contributed by atoms with Crippen LogP contribution in [0.2, 0.25) is 0 Å². The molecule has 2 saturated heterocycles. The number of benzene rings is 1. The number of hydrogen-bond donors (Lipinski definition) is 11. The number of rotatable bonds is 27. The molecule has 4 aliphatic rings. The summed E-state index contributed by atoms with van der Waals surface area (Å²) in [6.45, 7) is 3.76. The zero-order valence-corrected chi connectivity index (χ0v) is 44.9.